The fraction of sp³-hybridized carbons (Fsp3) is 0. The number of hydrogen-bond donors (Lipinski definition) is 1. The van der Waals surface area contributed by atoms with E-state index in [1.807, 2.05) is 6.07 Å². The third kappa shape index (κ3) is 3.85. The molecule has 1 N–H and O–H groups in total. The minimum atomic E-state index is -0.865. The van der Waals surface area contributed by atoms with Gasteiger partial charge < -0.3 is 0 Å². The smallest absolute Gasteiger partial charge is 0.288 e. The zero-order valence-corrected chi connectivity index (χ0v) is 9.91. The van der Waals surface area contributed by atoms with Gasteiger partial charge in [0.2, 0.25) is 0 Å². The van der Waals surface area contributed by atoms with Crippen LogP contribution in [0, 0.1) is 0 Å². The molecule has 0 radical (unpaired) electrons. The van der Waals surface area contributed by atoms with Crippen LogP contribution in [0.5, 0.6) is 0 Å². The van der Waals surface area contributed by atoms with E-state index in [2.05, 4.69) is 15.1 Å². The Labute approximate surface area is 109 Å². The van der Waals surface area contributed by atoms with Crippen LogP contribution in [0.4, 0.5) is 10.5 Å². The van der Waals surface area contributed by atoms with Gasteiger partial charge in [-0.2, -0.15) is 0 Å². The topological polar surface area (TPSA) is 64.6 Å². The first-order valence-electron chi connectivity index (χ1n) is 5.55. The van der Waals surface area contributed by atoms with Crippen LogP contribution < -0.4 is 5.32 Å². The summed E-state index contributed by atoms with van der Waals surface area (Å²) in [6, 6.07) is 16.9. The number of para-hydroxylation sites is 1. The number of amides is 1. The molecule has 0 bridgehead atoms. The number of carbonyl (C=O) groups excluding carboxylic acids is 2. The summed E-state index contributed by atoms with van der Waals surface area (Å²) >= 11 is 0. The minimum absolute atomic E-state index is 0.301. The van der Waals surface area contributed by atoms with Crippen LogP contribution in [-0.2, 0) is 9.78 Å². The normalized spacial score (nSPS) is 9.47. The predicted octanol–water partition coefficient (Wildman–Crippen LogP) is 3.01. The number of nitrogens with one attached hydrogen (secondary N) is 1. The van der Waals surface area contributed by atoms with Crippen molar-refractivity contribution >= 4 is 17.7 Å². The zero-order valence-electron chi connectivity index (χ0n) is 9.91. The van der Waals surface area contributed by atoms with Crippen LogP contribution in [0.1, 0.15) is 10.4 Å². The molecule has 0 aliphatic heterocycles. The molecule has 19 heavy (non-hydrogen) atoms. The van der Waals surface area contributed by atoms with Gasteiger partial charge in [-0.1, -0.05) is 36.4 Å². The standard InChI is InChI=1S/C14H11NO4/c16-13(11-7-3-1-4-8-11)18-19-14(17)15-12-9-5-2-6-10-12/h1-10H,(H,15,17). The fourth-order valence-corrected chi connectivity index (χ4v) is 1.36. The number of benzene rings is 2. The Bertz CT molecular complexity index is 554. The first-order chi connectivity index (χ1) is 9.25. The Morgan fingerprint density at radius 2 is 1.37 bits per heavy atom. The molecule has 0 aromatic heterocycles. The lowest BCUT2D eigenvalue weighted by Crippen LogP contribution is -2.17. The number of hydrogen-bond acceptors (Lipinski definition) is 4. The molecule has 0 aliphatic rings. The van der Waals surface area contributed by atoms with Crippen LogP contribution in [0.3, 0.4) is 0 Å². The average Bonchev–Trinajstić information content (AvgIpc) is 2.47. The maximum atomic E-state index is 11.5. The Balaban J connectivity index is 1.83. The molecule has 2 aromatic carbocycles. The molecule has 0 saturated carbocycles. The highest BCUT2D eigenvalue weighted by Crippen LogP contribution is 2.06. The van der Waals surface area contributed by atoms with E-state index < -0.39 is 12.1 Å². The Morgan fingerprint density at radius 1 is 0.789 bits per heavy atom. The zero-order chi connectivity index (χ0) is 13.5. The molecule has 0 fully saturated rings. The molecular weight excluding hydrogens is 246 g/mol. The second-order valence-electron chi connectivity index (χ2n) is 3.60. The van der Waals surface area contributed by atoms with Crippen LogP contribution in [0.25, 0.3) is 0 Å². The molecule has 1 amide bonds. The molecule has 0 atom stereocenters. The van der Waals surface area contributed by atoms with E-state index in [4.69, 9.17) is 0 Å². The third-order valence-electron chi connectivity index (χ3n) is 2.22. The Hall–Kier alpha value is -2.82. The summed E-state index contributed by atoms with van der Waals surface area (Å²) < 4.78 is 0. The summed E-state index contributed by atoms with van der Waals surface area (Å²) in [6.07, 6.45) is -0.865. The maximum Gasteiger partial charge on any atom is 0.454 e. The summed E-state index contributed by atoms with van der Waals surface area (Å²) in [4.78, 5) is 31.6. The quantitative estimate of drug-likeness (QED) is 0.663. The first kappa shape index (κ1) is 12.6. The van der Waals surface area contributed by atoms with Crippen molar-refractivity contribution in [1.29, 1.82) is 0 Å². The molecule has 0 unspecified atom stereocenters. The summed E-state index contributed by atoms with van der Waals surface area (Å²) in [5.41, 5.74) is 0.846. The lowest BCUT2D eigenvalue weighted by atomic mass is 10.2. The van der Waals surface area contributed by atoms with Gasteiger partial charge >= 0.3 is 12.1 Å². The van der Waals surface area contributed by atoms with E-state index in [0.717, 1.165) is 0 Å². The van der Waals surface area contributed by atoms with Crippen molar-refractivity contribution in [2.24, 2.45) is 0 Å². The van der Waals surface area contributed by atoms with Crippen molar-refractivity contribution < 1.29 is 19.4 Å². The summed E-state index contributed by atoms with van der Waals surface area (Å²) in [5, 5.41) is 2.41. The van der Waals surface area contributed by atoms with Crippen molar-refractivity contribution in [3.63, 3.8) is 0 Å². The fourth-order valence-electron chi connectivity index (χ4n) is 1.36. The minimum Gasteiger partial charge on any atom is -0.288 e. The highest BCUT2D eigenvalue weighted by Gasteiger charge is 2.11. The predicted molar refractivity (Wildman–Crippen MR) is 68.4 cm³/mol. The molecule has 0 heterocycles. The Morgan fingerprint density at radius 3 is 2.00 bits per heavy atom. The van der Waals surface area contributed by atoms with E-state index in [1.54, 1.807) is 54.6 Å². The lowest BCUT2D eigenvalue weighted by Gasteiger charge is -2.04. The average molecular weight is 257 g/mol. The van der Waals surface area contributed by atoms with Gasteiger partial charge in [-0.15, -0.1) is 0 Å². The lowest BCUT2D eigenvalue weighted by molar-refractivity contribution is -0.178. The van der Waals surface area contributed by atoms with Crippen LogP contribution >= 0.6 is 0 Å². The SMILES string of the molecule is O=C(Nc1ccccc1)OOC(=O)c1ccccc1. The second kappa shape index (κ2) is 6.20. The first-order valence-corrected chi connectivity index (χ1v) is 5.55. The van der Waals surface area contributed by atoms with Gasteiger partial charge in [-0.25, -0.2) is 19.4 Å². The van der Waals surface area contributed by atoms with E-state index in [-0.39, 0.29) is 0 Å². The van der Waals surface area contributed by atoms with Crippen LogP contribution in [0.2, 0.25) is 0 Å². The molecular formula is C14H11NO4. The molecule has 96 valence electrons. The van der Waals surface area contributed by atoms with Gasteiger partial charge in [0.1, 0.15) is 0 Å². The van der Waals surface area contributed by atoms with Gasteiger partial charge in [0.05, 0.1) is 5.56 Å². The van der Waals surface area contributed by atoms with E-state index in [0.29, 0.717) is 11.3 Å². The van der Waals surface area contributed by atoms with Gasteiger partial charge in [-0.3, -0.25) is 5.32 Å². The number of anilines is 1. The van der Waals surface area contributed by atoms with Crippen LogP contribution in [0.15, 0.2) is 60.7 Å². The van der Waals surface area contributed by atoms with Gasteiger partial charge in [0, 0.05) is 5.69 Å². The van der Waals surface area contributed by atoms with Gasteiger partial charge in [0.25, 0.3) is 0 Å². The van der Waals surface area contributed by atoms with Crippen LogP contribution in [-0.4, -0.2) is 12.1 Å². The third-order valence-corrected chi connectivity index (χ3v) is 2.22. The van der Waals surface area contributed by atoms with E-state index in [1.165, 1.54) is 0 Å². The highest BCUT2D eigenvalue weighted by atomic mass is 17.2. The molecule has 0 saturated heterocycles. The summed E-state index contributed by atoms with van der Waals surface area (Å²) in [5.74, 6) is -0.733. The second-order valence-corrected chi connectivity index (χ2v) is 3.60. The van der Waals surface area contributed by atoms with Crippen molar-refractivity contribution in [2.75, 3.05) is 5.32 Å². The van der Waals surface area contributed by atoms with Crippen molar-refractivity contribution in [1.82, 2.24) is 0 Å². The molecule has 0 aliphatic carbocycles. The largest absolute Gasteiger partial charge is 0.454 e. The molecule has 2 rings (SSSR count). The van der Waals surface area contributed by atoms with Gasteiger partial charge in [-0.05, 0) is 24.3 Å². The molecule has 5 nitrogen and oxygen atoms in total. The maximum absolute atomic E-state index is 11.5. The summed E-state index contributed by atoms with van der Waals surface area (Å²) in [7, 11) is 0. The monoisotopic (exact) mass is 257 g/mol. The molecule has 0 spiro atoms. The van der Waals surface area contributed by atoms with Gasteiger partial charge in [0.15, 0.2) is 0 Å². The molecule has 2 aromatic rings. The number of carbonyl (C=O) groups is 2. The van der Waals surface area contributed by atoms with Crippen molar-refractivity contribution in [3.05, 3.63) is 66.2 Å². The Kier molecular flexibility index (Phi) is 4.12. The number of rotatable bonds is 2. The molecule has 5 heteroatoms. The van der Waals surface area contributed by atoms with Crippen molar-refractivity contribution in [3.8, 4) is 0 Å². The van der Waals surface area contributed by atoms with E-state index in [9.17, 15) is 9.59 Å². The summed E-state index contributed by atoms with van der Waals surface area (Å²) in [6.45, 7) is 0. The van der Waals surface area contributed by atoms with E-state index >= 15 is 0 Å². The van der Waals surface area contributed by atoms with Crippen molar-refractivity contribution in [2.45, 2.75) is 0 Å². The highest BCUT2D eigenvalue weighted by molar-refractivity contribution is 5.90.